The van der Waals surface area contributed by atoms with Crippen LogP contribution in [0.2, 0.25) is 5.02 Å². The van der Waals surface area contributed by atoms with Gasteiger partial charge in [0.1, 0.15) is 5.75 Å². The summed E-state index contributed by atoms with van der Waals surface area (Å²) in [6.07, 6.45) is 0. The fraction of sp³-hybridized carbons (Fsp3) is 0.278. The highest BCUT2D eigenvalue weighted by Crippen LogP contribution is 2.15. The van der Waals surface area contributed by atoms with Crippen molar-refractivity contribution in [3.8, 4) is 5.75 Å². The van der Waals surface area contributed by atoms with Crippen molar-refractivity contribution in [1.82, 2.24) is 10.2 Å². The van der Waals surface area contributed by atoms with Crippen LogP contribution in [0.3, 0.4) is 0 Å². The minimum absolute atomic E-state index is 0.0886. The van der Waals surface area contributed by atoms with Crippen molar-refractivity contribution in [2.75, 3.05) is 6.73 Å². The second kappa shape index (κ2) is 8.44. The Kier molecular flexibility index (Phi) is 6.29. The Morgan fingerprint density at radius 2 is 1.78 bits per heavy atom. The van der Waals surface area contributed by atoms with Crippen LogP contribution < -0.4 is 10.1 Å². The molecule has 0 atom stereocenters. The first-order chi connectivity index (χ1) is 11.1. The van der Waals surface area contributed by atoms with E-state index in [-0.39, 0.29) is 18.8 Å². The van der Waals surface area contributed by atoms with E-state index in [2.05, 4.69) is 5.32 Å². The number of amides is 2. The third-order valence-corrected chi connectivity index (χ3v) is 3.61. The Hall–Kier alpha value is -2.20. The zero-order valence-electron chi connectivity index (χ0n) is 13.3. The maximum Gasteiger partial charge on any atom is 0.320 e. The fourth-order valence-corrected chi connectivity index (χ4v) is 2.21. The van der Waals surface area contributed by atoms with Crippen molar-refractivity contribution < 1.29 is 9.53 Å². The number of nitrogens with zero attached hydrogens (tertiary/aromatic N) is 1. The molecule has 23 heavy (non-hydrogen) atoms. The Bertz CT molecular complexity index is 615. The Labute approximate surface area is 142 Å². The molecule has 0 aliphatic rings. The molecule has 0 unspecified atom stereocenters. The van der Waals surface area contributed by atoms with Gasteiger partial charge in [-0.05, 0) is 43.7 Å². The van der Waals surface area contributed by atoms with E-state index in [0.29, 0.717) is 17.3 Å². The fourth-order valence-electron chi connectivity index (χ4n) is 2.08. The van der Waals surface area contributed by atoms with Gasteiger partial charge in [-0.1, -0.05) is 41.9 Å². The molecule has 5 heteroatoms. The number of benzene rings is 2. The van der Waals surface area contributed by atoms with Crippen LogP contribution >= 0.6 is 11.6 Å². The molecule has 2 rings (SSSR count). The first-order valence-electron chi connectivity index (χ1n) is 7.53. The molecule has 0 spiro atoms. The summed E-state index contributed by atoms with van der Waals surface area (Å²) in [6.45, 7) is 4.65. The van der Waals surface area contributed by atoms with E-state index in [1.54, 1.807) is 29.2 Å². The van der Waals surface area contributed by atoms with E-state index < -0.39 is 0 Å². The first kappa shape index (κ1) is 17.2. The lowest BCUT2D eigenvalue weighted by atomic mass is 10.2. The predicted molar refractivity (Wildman–Crippen MR) is 92.6 cm³/mol. The molecule has 2 aromatic carbocycles. The van der Waals surface area contributed by atoms with E-state index in [1.807, 2.05) is 44.2 Å². The van der Waals surface area contributed by atoms with Crippen molar-refractivity contribution in [3.63, 3.8) is 0 Å². The number of carbonyl (C=O) groups excluding carboxylic acids is 1. The molecule has 0 aliphatic heterocycles. The van der Waals surface area contributed by atoms with Crippen LogP contribution in [0.1, 0.15) is 19.4 Å². The molecule has 0 heterocycles. The Morgan fingerprint density at radius 1 is 1.13 bits per heavy atom. The van der Waals surface area contributed by atoms with Crippen LogP contribution in [0.15, 0.2) is 54.6 Å². The van der Waals surface area contributed by atoms with Crippen LogP contribution in [0.25, 0.3) is 0 Å². The van der Waals surface area contributed by atoms with E-state index >= 15 is 0 Å². The number of carbonyl (C=O) groups is 1. The molecule has 0 saturated carbocycles. The van der Waals surface area contributed by atoms with Gasteiger partial charge in [-0.3, -0.25) is 0 Å². The zero-order chi connectivity index (χ0) is 16.7. The second-order valence-electron chi connectivity index (χ2n) is 5.43. The lowest BCUT2D eigenvalue weighted by molar-refractivity contribution is 0.168. The van der Waals surface area contributed by atoms with Crippen LogP contribution in [0.5, 0.6) is 5.75 Å². The highest BCUT2D eigenvalue weighted by Gasteiger charge is 2.16. The topological polar surface area (TPSA) is 41.6 Å². The summed E-state index contributed by atoms with van der Waals surface area (Å²) in [5.74, 6) is 0.661. The number of halogens is 1. The van der Waals surface area contributed by atoms with E-state index in [4.69, 9.17) is 16.3 Å². The van der Waals surface area contributed by atoms with Crippen molar-refractivity contribution in [2.45, 2.75) is 26.4 Å². The number of rotatable bonds is 6. The van der Waals surface area contributed by atoms with Crippen molar-refractivity contribution in [1.29, 1.82) is 0 Å². The highest BCUT2D eigenvalue weighted by atomic mass is 35.5. The predicted octanol–water partition coefficient (Wildman–Crippen LogP) is 4.30. The second-order valence-corrected chi connectivity index (χ2v) is 5.87. The third kappa shape index (κ3) is 5.49. The van der Waals surface area contributed by atoms with Gasteiger partial charge in [0.25, 0.3) is 0 Å². The lowest BCUT2D eigenvalue weighted by Crippen LogP contribution is -2.44. The highest BCUT2D eigenvalue weighted by molar-refractivity contribution is 6.30. The van der Waals surface area contributed by atoms with Crippen LogP contribution in [-0.4, -0.2) is 23.7 Å². The number of ether oxygens (including phenoxy) is 1. The Balaban J connectivity index is 1.87. The Morgan fingerprint density at radius 3 is 2.39 bits per heavy atom. The molecule has 2 amide bonds. The van der Waals surface area contributed by atoms with E-state index in [0.717, 1.165) is 5.56 Å². The van der Waals surface area contributed by atoms with Gasteiger partial charge in [0.05, 0.1) is 0 Å². The van der Waals surface area contributed by atoms with Gasteiger partial charge in [-0.15, -0.1) is 0 Å². The maximum atomic E-state index is 12.3. The normalized spacial score (nSPS) is 10.4. The van der Waals surface area contributed by atoms with Gasteiger partial charge < -0.3 is 15.0 Å². The van der Waals surface area contributed by atoms with Crippen LogP contribution in [-0.2, 0) is 6.54 Å². The SMILES string of the molecule is CC(C)N(Cc1ccccc1)C(=O)NCOc1ccc(Cl)cc1. The smallest absolute Gasteiger partial charge is 0.320 e. The molecular formula is C18H21ClN2O2. The largest absolute Gasteiger partial charge is 0.473 e. The summed E-state index contributed by atoms with van der Waals surface area (Å²) in [5, 5.41) is 3.43. The minimum atomic E-state index is -0.155. The number of urea groups is 1. The average molecular weight is 333 g/mol. The van der Waals surface area contributed by atoms with Gasteiger partial charge in [-0.25, -0.2) is 4.79 Å². The summed E-state index contributed by atoms with van der Waals surface area (Å²) in [4.78, 5) is 14.1. The van der Waals surface area contributed by atoms with Crippen LogP contribution in [0, 0.1) is 0 Å². The lowest BCUT2D eigenvalue weighted by Gasteiger charge is -2.27. The molecule has 4 nitrogen and oxygen atoms in total. The van der Waals surface area contributed by atoms with Gasteiger partial charge >= 0.3 is 6.03 Å². The summed E-state index contributed by atoms with van der Waals surface area (Å²) in [7, 11) is 0. The maximum absolute atomic E-state index is 12.3. The first-order valence-corrected chi connectivity index (χ1v) is 7.91. The quantitative estimate of drug-likeness (QED) is 0.801. The molecule has 2 aromatic rings. The summed E-state index contributed by atoms with van der Waals surface area (Å²) in [5.41, 5.74) is 1.09. The van der Waals surface area contributed by atoms with Gasteiger partial charge in [0.2, 0.25) is 0 Å². The van der Waals surface area contributed by atoms with E-state index in [1.165, 1.54) is 0 Å². The number of nitrogens with one attached hydrogen (secondary N) is 1. The number of hydrogen-bond donors (Lipinski definition) is 1. The van der Waals surface area contributed by atoms with Crippen LogP contribution in [0.4, 0.5) is 4.79 Å². The van der Waals surface area contributed by atoms with Gasteiger partial charge in [0, 0.05) is 17.6 Å². The molecule has 0 radical (unpaired) electrons. The summed E-state index contributed by atoms with van der Waals surface area (Å²) < 4.78 is 5.49. The molecule has 0 saturated heterocycles. The monoisotopic (exact) mass is 332 g/mol. The molecular weight excluding hydrogens is 312 g/mol. The van der Waals surface area contributed by atoms with Crippen molar-refractivity contribution in [2.24, 2.45) is 0 Å². The van der Waals surface area contributed by atoms with Gasteiger partial charge in [0.15, 0.2) is 6.73 Å². The molecule has 0 aromatic heterocycles. The minimum Gasteiger partial charge on any atom is -0.473 e. The molecule has 0 bridgehead atoms. The van der Waals surface area contributed by atoms with Crippen molar-refractivity contribution in [3.05, 3.63) is 65.2 Å². The number of hydrogen-bond acceptors (Lipinski definition) is 2. The van der Waals surface area contributed by atoms with Crippen molar-refractivity contribution >= 4 is 17.6 Å². The summed E-state index contributed by atoms with van der Waals surface area (Å²) >= 11 is 5.82. The molecule has 122 valence electrons. The van der Waals surface area contributed by atoms with E-state index in [9.17, 15) is 4.79 Å². The molecule has 1 N–H and O–H groups in total. The van der Waals surface area contributed by atoms with Gasteiger partial charge in [-0.2, -0.15) is 0 Å². The summed E-state index contributed by atoms with van der Waals surface area (Å²) in [6, 6.07) is 16.9. The molecule has 0 fully saturated rings. The average Bonchev–Trinajstić information content (AvgIpc) is 2.55. The third-order valence-electron chi connectivity index (χ3n) is 3.36. The standard InChI is InChI=1S/C18H21ClN2O2/c1-14(2)21(12-15-6-4-3-5-7-15)18(22)20-13-23-17-10-8-16(19)9-11-17/h3-11,14H,12-13H2,1-2H3,(H,20,22). The zero-order valence-corrected chi connectivity index (χ0v) is 14.1. The molecule has 0 aliphatic carbocycles.